The molecule has 0 unspecified atom stereocenters. The van der Waals surface area contributed by atoms with Gasteiger partial charge in [-0.1, -0.05) is 0 Å². The van der Waals surface area contributed by atoms with Crippen LogP contribution >= 0.6 is 0 Å². The molecule has 0 radical (unpaired) electrons. The van der Waals surface area contributed by atoms with E-state index in [1.807, 2.05) is 0 Å². The zero-order valence-corrected chi connectivity index (χ0v) is 11.9. The van der Waals surface area contributed by atoms with Crippen LogP contribution in [0.15, 0.2) is 28.9 Å². The smallest absolute Gasteiger partial charge is 0.399 e. The van der Waals surface area contributed by atoms with E-state index < -0.39 is 5.97 Å². The molecule has 0 amide bonds. The molecular weight excluding hydrogens is 278 g/mol. The van der Waals surface area contributed by atoms with Crippen LogP contribution in [-0.2, 0) is 4.74 Å². The zero-order valence-electron chi connectivity index (χ0n) is 11.9. The highest BCUT2D eigenvalue weighted by molar-refractivity contribution is 5.86. The topological polar surface area (TPSA) is 80.0 Å². The van der Waals surface area contributed by atoms with Crippen molar-refractivity contribution >= 4 is 5.97 Å². The van der Waals surface area contributed by atoms with Gasteiger partial charge in [0.05, 0.1) is 20.8 Å². The number of methoxy groups -OCH3 is 2. The lowest BCUT2D eigenvalue weighted by Gasteiger charge is -2.07. The summed E-state index contributed by atoms with van der Waals surface area (Å²) in [7, 11) is 3.06. The minimum Gasteiger partial charge on any atom is -0.496 e. The molecule has 0 spiro atoms. The minimum atomic E-state index is -0.570. The number of ether oxygens (including phenoxy) is 4. The summed E-state index contributed by atoms with van der Waals surface area (Å²) in [6.45, 7) is 1.97. The number of carbonyl (C=O) groups excluding carboxylic acids is 1. The molecule has 7 nitrogen and oxygen atoms in total. The van der Waals surface area contributed by atoms with Gasteiger partial charge in [0.25, 0.3) is 0 Å². The van der Waals surface area contributed by atoms with E-state index in [9.17, 15) is 4.79 Å². The van der Waals surface area contributed by atoms with Gasteiger partial charge in [-0.25, -0.2) is 4.79 Å². The average molecular weight is 293 g/mol. The van der Waals surface area contributed by atoms with Crippen molar-refractivity contribution in [3.63, 3.8) is 0 Å². The molecule has 0 atom stereocenters. The van der Waals surface area contributed by atoms with Crippen molar-refractivity contribution < 1.29 is 28.2 Å². The second-order valence-corrected chi connectivity index (χ2v) is 3.87. The van der Waals surface area contributed by atoms with E-state index in [4.69, 9.17) is 23.4 Å². The van der Waals surface area contributed by atoms with Crippen LogP contribution < -0.4 is 14.2 Å². The van der Waals surface area contributed by atoms with E-state index in [-0.39, 0.29) is 18.4 Å². The Morgan fingerprint density at radius 3 is 2.33 bits per heavy atom. The fourth-order valence-electron chi connectivity index (χ4n) is 1.54. The maximum Gasteiger partial charge on any atom is 0.399 e. The van der Waals surface area contributed by atoms with E-state index >= 15 is 0 Å². The summed E-state index contributed by atoms with van der Waals surface area (Å²) in [6, 6.07) is 4.97. The lowest BCUT2D eigenvalue weighted by Crippen LogP contribution is -2.04. The third kappa shape index (κ3) is 3.65. The molecule has 2 aromatic rings. The molecule has 2 rings (SSSR count). The standard InChI is InChI=1S/C14H15NO6/c1-4-19-13(16)12-8-20-14(15-12)21-11-6-9(17-2)5-10(7-11)18-3/h5-8H,4H2,1-3H3. The number of hydrogen-bond donors (Lipinski definition) is 0. The van der Waals surface area contributed by atoms with Gasteiger partial charge in [-0.2, -0.15) is 4.98 Å². The lowest BCUT2D eigenvalue weighted by molar-refractivity contribution is 0.0519. The molecule has 7 heteroatoms. The second-order valence-electron chi connectivity index (χ2n) is 3.87. The Morgan fingerprint density at radius 1 is 1.14 bits per heavy atom. The van der Waals surface area contributed by atoms with Crippen LogP contribution in [0.25, 0.3) is 0 Å². The van der Waals surface area contributed by atoms with Crippen molar-refractivity contribution in [3.8, 4) is 23.3 Å². The maximum atomic E-state index is 11.5. The third-order valence-electron chi connectivity index (χ3n) is 2.50. The monoisotopic (exact) mass is 293 g/mol. The van der Waals surface area contributed by atoms with Crippen molar-refractivity contribution in [2.24, 2.45) is 0 Å². The quantitative estimate of drug-likeness (QED) is 0.757. The maximum absolute atomic E-state index is 11.5. The molecule has 0 N–H and O–H groups in total. The molecule has 0 saturated carbocycles. The SMILES string of the molecule is CCOC(=O)c1coc(Oc2cc(OC)cc(OC)c2)n1. The van der Waals surface area contributed by atoms with E-state index in [2.05, 4.69) is 4.98 Å². The number of hydrogen-bond acceptors (Lipinski definition) is 7. The normalized spacial score (nSPS) is 10.0. The van der Waals surface area contributed by atoms with Crippen LogP contribution in [0.3, 0.4) is 0 Å². The lowest BCUT2D eigenvalue weighted by atomic mass is 10.3. The van der Waals surface area contributed by atoms with Crippen LogP contribution in [0.4, 0.5) is 0 Å². The molecule has 112 valence electrons. The molecule has 1 heterocycles. The number of esters is 1. The molecular formula is C14H15NO6. The molecule has 0 bridgehead atoms. The highest BCUT2D eigenvalue weighted by Crippen LogP contribution is 2.30. The number of aromatic nitrogens is 1. The minimum absolute atomic E-state index is 0.0433. The Kier molecular flexibility index (Phi) is 4.65. The summed E-state index contributed by atoms with van der Waals surface area (Å²) < 4.78 is 25.6. The molecule has 0 aliphatic rings. The molecule has 21 heavy (non-hydrogen) atoms. The van der Waals surface area contributed by atoms with Crippen LogP contribution in [-0.4, -0.2) is 31.8 Å². The Hall–Kier alpha value is -2.70. The fourth-order valence-corrected chi connectivity index (χ4v) is 1.54. The molecule has 0 fully saturated rings. The predicted molar refractivity (Wildman–Crippen MR) is 72.1 cm³/mol. The van der Waals surface area contributed by atoms with Gasteiger partial charge in [-0.3, -0.25) is 0 Å². The van der Waals surface area contributed by atoms with Gasteiger partial charge >= 0.3 is 12.0 Å². The Balaban J connectivity index is 2.16. The number of nitrogens with zero attached hydrogens (tertiary/aromatic N) is 1. The zero-order chi connectivity index (χ0) is 15.2. The van der Waals surface area contributed by atoms with Gasteiger partial charge in [-0.15, -0.1) is 0 Å². The molecule has 0 saturated heterocycles. The van der Waals surface area contributed by atoms with E-state index in [1.165, 1.54) is 20.5 Å². The van der Waals surface area contributed by atoms with Crippen LogP contribution in [0.1, 0.15) is 17.4 Å². The summed E-state index contributed by atoms with van der Waals surface area (Å²) in [5.41, 5.74) is 0.0433. The van der Waals surface area contributed by atoms with E-state index in [0.29, 0.717) is 17.2 Å². The Morgan fingerprint density at radius 2 is 1.76 bits per heavy atom. The van der Waals surface area contributed by atoms with E-state index in [0.717, 1.165) is 0 Å². The largest absolute Gasteiger partial charge is 0.496 e. The van der Waals surface area contributed by atoms with Gasteiger partial charge in [0.1, 0.15) is 23.5 Å². The first-order valence-electron chi connectivity index (χ1n) is 6.19. The van der Waals surface area contributed by atoms with Crippen LogP contribution in [0, 0.1) is 0 Å². The van der Waals surface area contributed by atoms with Crippen molar-refractivity contribution in [3.05, 3.63) is 30.2 Å². The number of rotatable bonds is 6. The van der Waals surface area contributed by atoms with Crippen LogP contribution in [0.5, 0.6) is 23.3 Å². The first-order chi connectivity index (χ1) is 10.2. The Bertz CT molecular complexity index is 599. The first kappa shape index (κ1) is 14.7. The highest BCUT2D eigenvalue weighted by atomic mass is 16.6. The summed E-state index contributed by atoms with van der Waals surface area (Å²) in [5, 5.41) is 0. The summed E-state index contributed by atoms with van der Waals surface area (Å²) in [6.07, 6.45) is 1.10. The van der Waals surface area contributed by atoms with Crippen molar-refractivity contribution in [2.45, 2.75) is 6.92 Å². The first-order valence-corrected chi connectivity index (χ1v) is 6.19. The van der Waals surface area contributed by atoms with Crippen molar-refractivity contribution in [1.82, 2.24) is 4.98 Å². The van der Waals surface area contributed by atoms with Gasteiger partial charge < -0.3 is 23.4 Å². The van der Waals surface area contributed by atoms with Crippen molar-refractivity contribution in [1.29, 1.82) is 0 Å². The number of benzene rings is 1. The van der Waals surface area contributed by atoms with Gasteiger partial charge in [0, 0.05) is 18.2 Å². The fraction of sp³-hybridized carbons (Fsp3) is 0.286. The van der Waals surface area contributed by atoms with Gasteiger partial charge in [-0.05, 0) is 6.92 Å². The highest BCUT2D eigenvalue weighted by Gasteiger charge is 2.15. The van der Waals surface area contributed by atoms with Crippen LogP contribution in [0.2, 0.25) is 0 Å². The summed E-state index contributed by atoms with van der Waals surface area (Å²) in [5.74, 6) is 0.950. The summed E-state index contributed by atoms with van der Waals surface area (Å²) >= 11 is 0. The molecule has 0 aliphatic carbocycles. The van der Waals surface area contributed by atoms with Gasteiger partial charge in [0.15, 0.2) is 5.69 Å². The number of carbonyl (C=O) groups is 1. The molecule has 1 aromatic heterocycles. The molecule has 1 aromatic carbocycles. The van der Waals surface area contributed by atoms with Crippen molar-refractivity contribution in [2.75, 3.05) is 20.8 Å². The van der Waals surface area contributed by atoms with E-state index in [1.54, 1.807) is 25.1 Å². The third-order valence-corrected chi connectivity index (χ3v) is 2.50. The Labute approximate surface area is 121 Å². The average Bonchev–Trinajstić information content (AvgIpc) is 2.95. The predicted octanol–water partition coefficient (Wildman–Crippen LogP) is 2.66. The molecule has 0 aliphatic heterocycles. The summed E-state index contributed by atoms with van der Waals surface area (Å²) in [4.78, 5) is 15.4. The number of oxazole rings is 1. The second kappa shape index (κ2) is 6.65. The van der Waals surface area contributed by atoms with Gasteiger partial charge in [0.2, 0.25) is 0 Å².